The standard InChI is InChI=1S/C60H82Br2Cl2FN9O15/c1-32(2)50(69-37(28-75)16-11-12-20-68-59(29-61,30-62)31-76)53(79)70-41(17-14-19-67-56(66)82)52(78)71-42-25-39(63)38(24-40(42)65)54(80)73(7)35(5)55(81)88-47-26-48(77)74(8)43-22-36(23-44(85-9)49(43)64)21-33(3)15-13-18-46(86-10)60(84)27-45(87-57(83)72-60)34(4)51-58(47,6)89-51/h13,15,18,22-25,28,31-32,34-35,37,41,45-47,50-51,68-69,84H,11-12,14,16-17,19-21,26-27,29-30H2,1-10H3,(H,70,79)(H,71,78)(H,72,83)(H3,66,67,82)/b18-13+,33-15+/t34-,35+,37+,41+,45+,46-,47+,50+,51+,58+,60+/m1/s1. The lowest BCUT2D eigenvalue weighted by molar-refractivity contribution is -0.158. The maximum Gasteiger partial charge on any atom is 0.409 e. The maximum atomic E-state index is 16.2. The van der Waals surface area contributed by atoms with Crippen LogP contribution < -0.4 is 47.3 Å². The molecule has 0 aromatic heterocycles. The van der Waals surface area contributed by atoms with Gasteiger partial charge in [-0.15, -0.1) is 0 Å². The Kier molecular flexibility index (Phi) is 27.4. The van der Waals surface area contributed by atoms with Gasteiger partial charge in [0.15, 0.2) is 5.72 Å². The second-order valence-corrected chi connectivity index (χ2v) is 25.1. The molecule has 2 fully saturated rings. The maximum absolute atomic E-state index is 16.2. The normalized spacial score (nSPS) is 24.4. The van der Waals surface area contributed by atoms with Crippen LogP contribution in [0.2, 0.25) is 10.0 Å². The average molecular weight is 1420 g/mol. The number of ether oxygens (including phenoxy) is 5. The van der Waals surface area contributed by atoms with E-state index >= 15 is 4.39 Å². The van der Waals surface area contributed by atoms with E-state index in [-0.39, 0.29) is 47.3 Å². The molecule has 29 heteroatoms. The molecule has 9 N–H and O–H groups in total. The van der Waals surface area contributed by atoms with E-state index in [1.54, 1.807) is 58.1 Å². The van der Waals surface area contributed by atoms with E-state index in [4.69, 9.17) is 52.6 Å². The monoisotopic (exact) mass is 1420 g/mol. The first-order valence-electron chi connectivity index (χ1n) is 29.0. The number of rotatable bonds is 27. The van der Waals surface area contributed by atoms with Crippen molar-refractivity contribution in [1.82, 2.24) is 31.5 Å². The van der Waals surface area contributed by atoms with Gasteiger partial charge in [0.2, 0.25) is 17.7 Å². The van der Waals surface area contributed by atoms with Gasteiger partial charge >= 0.3 is 18.1 Å². The third-order valence-electron chi connectivity index (χ3n) is 16.2. The number of hydrogen-bond donors (Lipinski definition) is 8. The summed E-state index contributed by atoms with van der Waals surface area (Å²) in [5, 5.41) is 28.8. The molecule has 3 aliphatic heterocycles. The number of nitrogens with one attached hydrogen (secondary N) is 6. The minimum Gasteiger partial charge on any atom is -0.495 e. The Labute approximate surface area is 544 Å². The lowest BCUT2D eigenvalue weighted by Gasteiger charge is -2.42. The molecule has 2 aromatic rings. The highest BCUT2D eigenvalue weighted by Gasteiger charge is 2.64. The number of unbranched alkanes of at least 4 members (excludes halogenated alkanes) is 1. The van der Waals surface area contributed by atoms with Gasteiger partial charge in [-0.2, -0.15) is 0 Å². The number of nitrogens with two attached hydrogens (primary N) is 1. The van der Waals surface area contributed by atoms with Crippen molar-refractivity contribution in [3.63, 3.8) is 0 Å². The predicted molar refractivity (Wildman–Crippen MR) is 339 cm³/mol. The molecule has 2 aromatic carbocycles. The molecule has 2 saturated heterocycles. The van der Waals surface area contributed by atoms with Crippen molar-refractivity contribution in [2.45, 2.75) is 158 Å². The Morgan fingerprint density at radius 1 is 1.03 bits per heavy atom. The molecule has 0 saturated carbocycles. The van der Waals surface area contributed by atoms with Crippen LogP contribution in [0.25, 0.3) is 0 Å². The molecule has 0 aliphatic carbocycles. The lowest BCUT2D eigenvalue weighted by Crippen LogP contribution is -2.63. The summed E-state index contributed by atoms with van der Waals surface area (Å²) in [5.41, 5.74) is 1.99. The number of halogens is 5. The van der Waals surface area contributed by atoms with Gasteiger partial charge in [-0.05, 0) is 95.2 Å². The molecular formula is C60H82Br2Cl2FN9O15. The number of alkyl halides is 2. The molecule has 5 rings (SSSR count). The molecular weight excluding hydrogens is 1340 g/mol. The zero-order valence-electron chi connectivity index (χ0n) is 51.5. The van der Waals surface area contributed by atoms with Gasteiger partial charge in [-0.1, -0.05) is 106 Å². The summed E-state index contributed by atoms with van der Waals surface area (Å²) < 4.78 is 45.7. The number of carbonyl (C=O) groups is 9. The minimum atomic E-state index is -1.95. The Morgan fingerprint density at radius 2 is 1.73 bits per heavy atom. The molecule has 492 valence electrons. The van der Waals surface area contributed by atoms with Crippen molar-refractivity contribution in [2.24, 2.45) is 17.6 Å². The first-order chi connectivity index (χ1) is 41.9. The number of likely N-dealkylation sites (N-methyl/N-ethyl adjacent to an activating group) is 1. The van der Waals surface area contributed by atoms with Crippen LogP contribution in [0.4, 0.5) is 25.4 Å². The predicted octanol–water partition coefficient (Wildman–Crippen LogP) is 6.16. The number of aliphatic hydroxyl groups is 1. The van der Waals surface area contributed by atoms with Gasteiger partial charge in [0.25, 0.3) is 5.91 Å². The number of alkyl carbamates (subject to hydrolysis) is 1. The fourth-order valence-corrected chi connectivity index (χ4v) is 12.6. The number of urea groups is 1. The molecule has 0 unspecified atom stereocenters. The van der Waals surface area contributed by atoms with Crippen LogP contribution in [-0.2, 0) is 54.1 Å². The first-order valence-corrected chi connectivity index (χ1v) is 32.0. The molecule has 3 aliphatic rings. The second-order valence-electron chi connectivity index (χ2n) is 23.2. The van der Waals surface area contributed by atoms with Crippen LogP contribution in [0, 0.1) is 17.7 Å². The van der Waals surface area contributed by atoms with Crippen molar-refractivity contribution in [3.05, 3.63) is 75.1 Å². The number of esters is 1. The number of nitrogens with zero attached hydrogens (tertiary/aromatic N) is 2. The van der Waals surface area contributed by atoms with Gasteiger partial charge in [0.05, 0.1) is 59.2 Å². The molecule has 0 radical (unpaired) electrons. The van der Waals surface area contributed by atoms with Crippen molar-refractivity contribution in [2.75, 3.05) is 62.3 Å². The number of anilines is 2. The highest BCUT2D eigenvalue weighted by Crippen LogP contribution is 2.49. The first kappa shape index (κ1) is 74.0. The molecule has 3 heterocycles. The zero-order valence-corrected chi connectivity index (χ0v) is 56.2. The highest BCUT2D eigenvalue weighted by molar-refractivity contribution is 9.10. The fraction of sp³-hybridized carbons (Fsp3) is 0.583. The summed E-state index contributed by atoms with van der Waals surface area (Å²) in [6, 6.07) is -0.179. The van der Waals surface area contributed by atoms with Crippen molar-refractivity contribution in [3.8, 4) is 5.75 Å². The molecule has 89 heavy (non-hydrogen) atoms. The third-order valence-corrected chi connectivity index (χ3v) is 18.9. The summed E-state index contributed by atoms with van der Waals surface area (Å²) >= 11 is 20.2. The summed E-state index contributed by atoms with van der Waals surface area (Å²) in [6.07, 6.45) is 2.65. The van der Waals surface area contributed by atoms with Crippen LogP contribution in [-0.4, -0.2) is 182 Å². The largest absolute Gasteiger partial charge is 0.495 e. The third kappa shape index (κ3) is 19.2. The topological polar surface area (TPSA) is 328 Å². The number of hydrogen-bond acceptors (Lipinski definition) is 17. The van der Waals surface area contributed by atoms with E-state index in [0.717, 1.165) is 28.9 Å². The number of aldehydes is 2. The second kappa shape index (κ2) is 33.0. The van der Waals surface area contributed by atoms with Crippen LogP contribution >= 0.6 is 55.1 Å². The Balaban J connectivity index is 1.36. The molecule has 11 atom stereocenters. The summed E-state index contributed by atoms with van der Waals surface area (Å²) in [4.78, 5) is 122. The summed E-state index contributed by atoms with van der Waals surface area (Å²) in [7, 11) is 5.54. The van der Waals surface area contributed by atoms with E-state index in [9.17, 15) is 48.3 Å². The minimum absolute atomic E-state index is 0.0113. The molecule has 7 amide bonds. The molecule has 4 bridgehead atoms. The number of carbonyl (C=O) groups excluding carboxylic acids is 9. The number of fused-ring (bicyclic) bond motifs is 5. The van der Waals surface area contributed by atoms with Crippen LogP contribution in [0.5, 0.6) is 5.75 Å². The van der Waals surface area contributed by atoms with E-state index in [2.05, 4.69) is 63.8 Å². The van der Waals surface area contributed by atoms with E-state index in [1.165, 1.54) is 40.1 Å². The number of allylic oxidation sites excluding steroid dienone is 3. The smallest absolute Gasteiger partial charge is 0.409 e. The highest BCUT2D eigenvalue weighted by atomic mass is 79.9. The van der Waals surface area contributed by atoms with E-state index in [1.807, 2.05) is 6.92 Å². The number of epoxide rings is 1. The Hall–Kier alpha value is -5.78. The zero-order chi connectivity index (χ0) is 66.3. The van der Waals surface area contributed by atoms with Crippen molar-refractivity contribution >= 4 is 121 Å². The van der Waals surface area contributed by atoms with Crippen LogP contribution in [0.1, 0.15) is 102 Å². The Bertz CT molecular complexity index is 2980. The van der Waals surface area contributed by atoms with Gasteiger partial charge < -0.3 is 75.2 Å². The van der Waals surface area contributed by atoms with Gasteiger partial charge in [0, 0.05) is 50.7 Å². The number of benzene rings is 2. The van der Waals surface area contributed by atoms with Gasteiger partial charge in [-0.25, -0.2) is 18.8 Å². The van der Waals surface area contributed by atoms with Crippen LogP contribution in [0.3, 0.4) is 0 Å². The SMILES string of the molecule is COc1cc2cc(c1Cl)N(C)C(=O)C[C@H](OC(=O)[C@H](C)N(C)C(=O)c1cc(F)c(NC(=O)[C@H](CCCNC(N)=O)NC(=O)[C@@H](N[C@H](C=O)CCCCNC(C=O)(CBr)CBr)C(C)C)cc1Cl)[C@]1(C)O[C@H]1[C@H](C)[C@@H]1C[C@@](O)(NC(=O)O1)[C@H](OC)/C=C/C=C(\C)C2. The number of amides is 7. The lowest BCUT2D eigenvalue weighted by atomic mass is 9.83. The van der Waals surface area contributed by atoms with Gasteiger partial charge in [0.1, 0.15) is 65.2 Å². The molecule has 0 spiro atoms. The van der Waals surface area contributed by atoms with Crippen LogP contribution in [0.15, 0.2) is 48.1 Å². The summed E-state index contributed by atoms with van der Waals surface area (Å²) in [6.45, 7) is 10.5. The quantitative estimate of drug-likeness (QED) is 0.0163. The number of methoxy groups -OCH3 is 2. The molecule has 24 nitrogen and oxygen atoms in total. The van der Waals surface area contributed by atoms with E-state index in [0.29, 0.717) is 54.7 Å². The summed E-state index contributed by atoms with van der Waals surface area (Å²) in [5.74, 6) is -6.06. The fourth-order valence-electron chi connectivity index (χ4n) is 10.5. The van der Waals surface area contributed by atoms with Crippen molar-refractivity contribution < 1.29 is 76.3 Å². The van der Waals surface area contributed by atoms with Gasteiger partial charge in [-0.3, -0.25) is 29.8 Å². The Morgan fingerprint density at radius 3 is 2.35 bits per heavy atom. The number of primary amides is 1. The van der Waals surface area contributed by atoms with Crippen molar-refractivity contribution in [1.29, 1.82) is 0 Å². The average Bonchev–Trinajstić information content (AvgIpc) is 1.75. The van der Waals surface area contributed by atoms with E-state index < -0.39 is 142 Å².